The lowest BCUT2D eigenvalue weighted by Gasteiger charge is -2.38. The van der Waals surface area contributed by atoms with E-state index >= 15 is 0 Å². The van der Waals surface area contributed by atoms with Gasteiger partial charge < -0.3 is 16.0 Å². The van der Waals surface area contributed by atoms with Gasteiger partial charge in [-0.15, -0.1) is 0 Å². The number of fused-ring (bicyclic) bond motifs is 1. The van der Waals surface area contributed by atoms with E-state index in [0.29, 0.717) is 11.4 Å². The first-order valence-electron chi connectivity index (χ1n) is 7.50. The first-order chi connectivity index (χ1) is 10.1. The Labute approximate surface area is 125 Å². The SMILES string of the molecule is CN1CCC(C)(CNc2nc(N)nc3ccccc23)CC1. The maximum atomic E-state index is 5.82. The number of hydrogen-bond donors (Lipinski definition) is 2. The molecule has 0 atom stereocenters. The molecule has 3 rings (SSSR count). The Bertz CT molecular complexity index is 632. The number of rotatable bonds is 3. The zero-order chi connectivity index (χ0) is 14.9. The molecule has 0 spiro atoms. The summed E-state index contributed by atoms with van der Waals surface area (Å²) in [5.74, 6) is 1.17. The molecule has 5 nitrogen and oxygen atoms in total. The van der Waals surface area contributed by atoms with Gasteiger partial charge in [-0.3, -0.25) is 0 Å². The van der Waals surface area contributed by atoms with Crippen molar-refractivity contribution < 1.29 is 0 Å². The van der Waals surface area contributed by atoms with Crippen molar-refractivity contribution in [1.29, 1.82) is 0 Å². The van der Waals surface area contributed by atoms with E-state index in [2.05, 4.69) is 34.2 Å². The number of nitrogen functional groups attached to an aromatic ring is 1. The summed E-state index contributed by atoms with van der Waals surface area (Å²) in [6, 6.07) is 7.98. The fourth-order valence-electron chi connectivity index (χ4n) is 2.86. The minimum absolute atomic E-state index is 0.313. The summed E-state index contributed by atoms with van der Waals surface area (Å²) >= 11 is 0. The number of aromatic nitrogens is 2. The van der Waals surface area contributed by atoms with Crippen molar-refractivity contribution in [3.63, 3.8) is 0 Å². The molecule has 21 heavy (non-hydrogen) atoms. The van der Waals surface area contributed by atoms with Crippen LogP contribution in [0.15, 0.2) is 24.3 Å². The lowest BCUT2D eigenvalue weighted by Crippen LogP contribution is -2.40. The largest absolute Gasteiger partial charge is 0.369 e. The third kappa shape index (κ3) is 3.08. The van der Waals surface area contributed by atoms with Crippen LogP contribution in [0.1, 0.15) is 19.8 Å². The van der Waals surface area contributed by atoms with Crippen LogP contribution in [0.2, 0.25) is 0 Å². The molecule has 1 aromatic heterocycles. The number of para-hydroxylation sites is 1. The molecule has 0 saturated carbocycles. The Morgan fingerprint density at radius 1 is 1.24 bits per heavy atom. The first-order valence-corrected chi connectivity index (χ1v) is 7.50. The van der Waals surface area contributed by atoms with E-state index in [9.17, 15) is 0 Å². The van der Waals surface area contributed by atoms with Crippen molar-refractivity contribution in [1.82, 2.24) is 14.9 Å². The Morgan fingerprint density at radius 2 is 1.95 bits per heavy atom. The van der Waals surface area contributed by atoms with E-state index in [-0.39, 0.29) is 0 Å². The molecule has 2 heterocycles. The van der Waals surface area contributed by atoms with Gasteiger partial charge >= 0.3 is 0 Å². The number of anilines is 2. The topological polar surface area (TPSA) is 67.1 Å². The maximum absolute atomic E-state index is 5.82. The average molecular weight is 285 g/mol. The van der Waals surface area contributed by atoms with Crippen LogP contribution in [0.4, 0.5) is 11.8 Å². The highest BCUT2D eigenvalue weighted by Crippen LogP contribution is 2.31. The monoisotopic (exact) mass is 285 g/mol. The van der Waals surface area contributed by atoms with Gasteiger partial charge in [0.2, 0.25) is 5.95 Å². The number of piperidine rings is 1. The quantitative estimate of drug-likeness (QED) is 0.906. The molecule has 112 valence electrons. The predicted molar refractivity (Wildman–Crippen MR) is 87.3 cm³/mol. The lowest BCUT2D eigenvalue weighted by molar-refractivity contribution is 0.150. The van der Waals surface area contributed by atoms with Crippen LogP contribution in [-0.2, 0) is 0 Å². The summed E-state index contributed by atoms with van der Waals surface area (Å²) in [7, 11) is 2.19. The molecule has 3 N–H and O–H groups in total. The Morgan fingerprint density at radius 3 is 2.71 bits per heavy atom. The second-order valence-electron chi connectivity index (χ2n) is 6.42. The lowest BCUT2D eigenvalue weighted by atomic mass is 9.80. The van der Waals surface area contributed by atoms with Gasteiger partial charge in [-0.25, -0.2) is 4.98 Å². The van der Waals surface area contributed by atoms with Crippen LogP contribution >= 0.6 is 0 Å². The van der Waals surface area contributed by atoms with Gasteiger partial charge in [-0.2, -0.15) is 4.98 Å². The van der Waals surface area contributed by atoms with Crippen molar-refractivity contribution >= 4 is 22.7 Å². The molecule has 0 amide bonds. The molecule has 0 radical (unpaired) electrons. The minimum Gasteiger partial charge on any atom is -0.369 e. The van der Waals surface area contributed by atoms with Gasteiger partial charge in [0.1, 0.15) is 5.82 Å². The Kier molecular flexibility index (Phi) is 3.68. The third-order valence-electron chi connectivity index (χ3n) is 4.50. The van der Waals surface area contributed by atoms with Gasteiger partial charge in [0.25, 0.3) is 0 Å². The standard InChI is InChI=1S/C16H23N5/c1-16(7-9-21(2)10-8-16)11-18-14-12-5-3-4-6-13(12)19-15(17)20-14/h3-6H,7-11H2,1-2H3,(H3,17,18,19,20). The van der Waals surface area contributed by atoms with Crippen LogP contribution in [-0.4, -0.2) is 41.5 Å². The molecule has 1 fully saturated rings. The van der Waals surface area contributed by atoms with E-state index in [1.807, 2.05) is 24.3 Å². The van der Waals surface area contributed by atoms with Crippen LogP contribution < -0.4 is 11.1 Å². The summed E-state index contributed by atoms with van der Waals surface area (Å²) in [6.07, 6.45) is 2.41. The number of nitrogens with one attached hydrogen (secondary N) is 1. The van der Waals surface area contributed by atoms with E-state index in [1.165, 1.54) is 12.8 Å². The number of hydrogen-bond acceptors (Lipinski definition) is 5. The fourth-order valence-corrected chi connectivity index (χ4v) is 2.86. The molecule has 1 saturated heterocycles. The number of benzene rings is 1. The number of likely N-dealkylation sites (tertiary alicyclic amines) is 1. The second kappa shape index (κ2) is 5.48. The third-order valence-corrected chi connectivity index (χ3v) is 4.50. The van der Waals surface area contributed by atoms with Crippen LogP contribution in [0, 0.1) is 5.41 Å². The zero-order valence-electron chi connectivity index (χ0n) is 12.8. The van der Waals surface area contributed by atoms with Crippen LogP contribution in [0.25, 0.3) is 10.9 Å². The minimum atomic E-state index is 0.313. The molecule has 1 aromatic carbocycles. The normalized spacial score (nSPS) is 18.8. The Hall–Kier alpha value is -1.88. The molecule has 0 aliphatic carbocycles. The average Bonchev–Trinajstić information content (AvgIpc) is 2.48. The number of nitrogens with zero attached hydrogens (tertiary/aromatic N) is 3. The molecule has 5 heteroatoms. The molecule has 1 aliphatic heterocycles. The van der Waals surface area contributed by atoms with Gasteiger partial charge in [-0.05, 0) is 50.5 Å². The highest BCUT2D eigenvalue weighted by molar-refractivity contribution is 5.89. The Balaban J connectivity index is 1.79. The van der Waals surface area contributed by atoms with Gasteiger partial charge in [0.05, 0.1) is 5.52 Å². The maximum Gasteiger partial charge on any atom is 0.222 e. The molecule has 0 unspecified atom stereocenters. The summed E-state index contributed by atoms with van der Waals surface area (Å²) in [6.45, 7) is 5.58. The molecular weight excluding hydrogens is 262 g/mol. The van der Waals surface area contributed by atoms with Crippen molar-refractivity contribution in [3.05, 3.63) is 24.3 Å². The van der Waals surface area contributed by atoms with Crippen molar-refractivity contribution in [2.75, 3.05) is 37.7 Å². The van der Waals surface area contributed by atoms with E-state index in [1.54, 1.807) is 0 Å². The summed E-state index contributed by atoms with van der Waals surface area (Å²) in [4.78, 5) is 11.0. The van der Waals surface area contributed by atoms with Crippen LogP contribution in [0.3, 0.4) is 0 Å². The van der Waals surface area contributed by atoms with Gasteiger partial charge in [0, 0.05) is 11.9 Å². The first kappa shape index (κ1) is 14.1. The highest BCUT2D eigenvalue weighted by atomic mass is 15.1. The van der Waals surface area contributed by atoms with E-state index < -0.39 is 0 Å². The zero-order valence-corrected chi connectivity index (χ0v) is 12.8. The van der Waals surface area contributed by atoms with E-state index in [0.717, 1.165) is 36.4 Å². The molecule has 0 bridgehead atoms. The van der Waals surface area contributed by atoms with Crippen molar-refractivity contribution in [3.8, 4) is 0 Å². The van der Waals surface area contributed by atoms with E-state index in [4.69, 9.17) is 5.73 Å². The fraction of sp³-hybridized carbons (Fsp3) is 0.500. The summed E-state index contributed by atoms with van der Waals surface area (Å²) < 4.78 is 0. The highest BCUT2D eigenvalue weighted by Gasteiger charge is 2.28. The summed E-state index contributed by atoms with van der Waals surface area (Å²) in [5.41, 5.74) is 7.02. The summed E-state index contributed by atoms with van der Waals surface area (Å²) in [5, 5.41) is 4.53. The molecule has 2 aromatic rings. The number of nitrogens with two attached hydrogens (primary N) is 1. The smallest absolute Gasteiger partial charge is 0.222 e. The van der Waals surface area contributed by atoms with Crippen molar-refractivity contribution in [2.45, 2.75) is 19.8 Å². The molecular formula is C16H23N5. The second-order valence-corrected chi connectivity index (χ2v) is 6.42. The predicted octanol–water partition coefficient (Wildman–Crippen LogP) is 2.36. The molecule has 1 aliphatic rings. The van der Waals surface area contributed by atoms with Gasteiger partial charge in [-0.1, -0.05) is 19.1 Å². The van der Waals surface area contributed by atoms with Crippen molar-refractivity contribution in [2.24, 2.45) is 5.41 Å². The van der Waals surface area contributed by atoms with Crippen LogP contribution in [0.5, 0.6) is 0 Å². The van der Waals surface area contributed by atoms with Gasteiger partial charge in [0.15, 0.2) is 0 Å².